The third-order valence-corrected chi connectivity index (χ3v) is 3.85. The highest BCUT2D eigenvalue weighted by atomic mass is 32.1. The fourth-order valence-electron chi connectivity index (χ4n) is 1.72. The lowest BCUT2D eigenvalue weighted by molar-refractivity contribution is 0.0870. The Morgan fingerprint density at radius 2 is 1.95 bits per heavy atom. The highest BCUT2D eigenvalue weighted by Crippen LogP contribution is 2.43. The fourth-order valence-corrected chi connectivity index (χ4v) is 2.81. The van der Waals surface area contributed by atoms with Crippen molar-refractivity contribution in [2.75, 3.05) is 24.2 Å². The SMILES string of the molecule is CCC(=O)c1sc(NCCOC(C)C)c(OC(C)C)c1N. The molecule has 0 bridgehead atoms. The lowest BCUT2D eigenvalue weighted by Gasteiger charge is -2.13. The number of thiophene rings is 1. The number of Topliss-reactive ketones (excluding diaryl/α,β-unsaturated/α-hetero) is 1. The van der Waals surface area contributed by atoms with Crippen molar-refractivity contribution in [2.24, 2.45) is 0 Å². The number of rotatable bonds is 9. The van der Waals surface area contributed by atoms with E-state index in [0.717, 1.165) is 5.00 Å². The van der Waals surface area contributed by atoms with E-state index >= 15 is 0 Å². The van der Waals surface area contributed by atoms with Crippen LogP contribution in [-0.4, -0.2) is 31.1 Å². The van der Waals surface area contributed by atoms with Gasteiger partial charge in [-0.3, -0.25) is 4.79 Å². The molecule has 3 N–H and O–H groups in total. The first-order chi connectivity index (χ1) is 9.86. The van der Waals surface area contributed by atoms with Crippen LogP contribution in [0.2, 0.25) is 0 Å². The van der Waals surface area contributed by atoms with E-state index in [9.17, 15) is 4.79 Å². The van der Waals surface area contributed by atoms with Gasteiger partial charge in [0, 0.05) is 13.0 Å². The number of carbonyl (C=O) groups is 1. The van der Waals surface area contributed by atoms with Crippen LogP contribution in [-0.2, 0) is 4.74 Å². The molecule has 5 nitrogen and oxygen atoms in total. The summed E-state index contributed by atoms with van der Waals surface area (Å²) < 4.78 is 11.3. The molecule has 120 valence electrons. The lowest BCUT2D eigenvalue weighted by atomic mass is 10.2. The molecule has 1 rings (SSSR count). The minimum Gasteiger partial charge on any atom is -0.486 e. The van der Waals surface area contributed by atoms with Crippen molar-refractivity contribution in [1.29, 1.82) is 0 Å². The number of hydrogen-bond donors (Lipinski definition) is 2. The average molecular weight is 314 g/mol. The van der Waals surface area contributed by atoms with Gasteiger partial charge in [0.2, 0.25) is 0 Å². The van der Waals surface area contributed by atoms with E-state index in [1.54, 1.807) is 0 Å². The zero-order valence-electron chi connectivity index (χ0n) is 13.5. The second kappa shape index (κ2) is 8.24. The number of ether oxygens (including phenoxy) is 2. The zero-order valence-corrected chi connectivity index (χ0v) is 14.3. The number of anilines is 2. The fraction of sp³-hybridized carbons (Fsp3) is 0.667. The summed E-state index contributed by atoms with van der Waals surface area (Å²) >= 11 is 1.35. The molecule has 1 heterocycles. The number of carbonyl (C=O) groups excluding carboxylic acids is 1. The van der Waals surface area contributed by atoms with E-state index in [0.29, 0.717) is 35.9 Å². The minimum atomic E-state index is -0.000979. The van der Waals surface area contributed by atoms with Crippen LogP contribution >= 0.6 is 11.3 Å². The molecule has 0 saturated carbocycles. The molecule has 0 spiro atoms. The molecule has 0 fully saturated rings. The number of nitrogens with one attached hydrogen (secondary N) is 1. The Bertz CT molecular complexity index is 470. The molecule has 0 atom stereocenters. The van der Waals surface area contributed by atoms with Crippen molar-refractivity contribution in [2.45, 2.75) is 53.2 Å². The van der Waals surface area contributed by atoms with Crippen LogP contribution in [0.4, 0.5) is 10.7 Å². The Kier molecular flexibility index (Phi) is 6.98. The summed E-state index contributed by atoms with van der Waals surface area (Å²) in [4.78, 5) is 12.5. The molecule has 21 heavy (non-hydrogen) atoms. The van der Waals surface area contributed by atoms with Crippen LogP contribution in [0.3, 0.4) is 0 Å². The Labute approximate surface area is 130 Å². The standard InChI is InChI=1S/C15H26N2O3S/c1-6-11(18)14-12(16)13(20-10(4)5)15(21-14)17-7-8-19-9(2)3/h9-10,17H,6-8,16H2,1-5H3. The normalized spacial score (nSPS) is 11.2. The summed E-state index contributed by atoms with van der Waals surface area (Å²) in [5, 5.41) is 4.05. The smallest absolute Gasteiger partial charge is 0.177 e. The van der Waals surface area contributed by atoms with Crippen LogP contribution in [0.1, 0.15) is 50.7 Å². The quantitative estimate of drug-likeness (QED) is 0.538. The predicted molar refractivity (Wildman–Crippen MR) is 88.7 cm³/mol. The van der Waals surface area contributed by atoms with Crippen molar-refractivity contribution in [3.05, 3.63) is 4.88 Å². The maximum Gasteiger partial charge on any atom is 0.177 e. The Balaban J connectivity index is 2.86. The summed E-state index contributed by atoms with van der Waals surface area (Å²) in [5.74, 6) is 0.619. The third kappa shape index (κ3) is 5.21. The molecule has 0 amide bonds. The number of hydrogen-bond acceptors (Lipinski definition) is 6. The number of nitrogen functional groups attached to an aromatic ring is 1. The molecular weight excluding hydrogens is 288 g/mol. The summed E-state index contributed by atoms with van der Waals surface area (Å²) in [7, 11) is 0. The van der Waals surface area contributed by atoms with E-state index in [1.807, 2.05) is 34.6 Å². The monoisotopic (exact) mass is 314 g/mol. The molecule has 1 aromatic rings. The van der Waals surface area contributed by atoms with Crippen molar-refractivity contribution in [3.63, 3.8) is 0 Å². The molecule has 0 aliphatic carbocycles. The molecule has 0 aromatic carbocycles. The summed E-state index contributed by atoms with van der Waals surface area (Å²) in [6.45, 7) is 10.9. The van der Waals surface area contributed by atoms with E-state index in [-0.39, 0.29) is 18.0 Å². The van der Waals surface area contributed by atoms with Gasteiger partial charge in [0.25, 0.3) is 0 Å². The molecule has 0 aliphatic heterocycles. The molecule has 0 radical (unpaired) electrons. The molecule has 6 heteroatoms. The van der Waals surface area contributed by atoms with Gasteiger partial charge in [-0.2, -0.15) is 0 Å². The van der Waals surface area contributed by atoms with E-state index in [1.165, 1.54) is 11.3 Å². The van der Waals surface area contributed by atoms with E-state index in [2.05, 4.69) is 5.32 Å². The first kappa shape index (κ1) is 17.8. The van der Waals surface area contributed by atoms with Gasteiger partial charge >= 0.3 is 0 Å². The minimum absolute atomic E-state index is 0.000979. The van der Waals surface area contributed by atoms with Gasteiger partial charge in [-0.05, 0) is 27.7 Å². The van der Waals surface area contributed by atoms with Gasteiger partial charge in [-0.1, -0.05) is 6.92 Å². The Morgan fingerprint density at radius 3 is 2.48 bits per heavy atom. The van der Waals surface area contributed by atoms with Crippen molar-refractivity contribution in [1.82, 2.24) is 0 Å². The Hall–Kier alpha value is -1.27. The van der Waals surface area contributed by atoms with Crippen LogP contribution < -0.4 is 15.8 Å². The van der Waals surface area contributed by atoms with E-state index in [4.69, 9.17) is 15.2 Å². The van der Waals surface area contributed by atoms with E-state index < -0.39 is 0 Å². The molecule has 0 aliphatic rings. The van der Waals surface area contributed by atoms with Crippen molar-refractivity contribution >= 4 is 27.8 Å². The molecule has 0 saturated heterocycles. The second-order valence-corrected chi connectivity index (χ2v) is 6.31. The van der Waals surface area contributed by atoms with Crippen molar-refractivity contribution in [3.8, 4) is 5.75 Å². The molecule has 0 unspecified atom stereocenters. The van der Waals surface area contributed by atoms with Crippen LogP contribution in [0.25, 0.3) is 0 Å². The highest BCUT2D eigenvalue weighted by molar-refractivity contribution is 7.19. The van der Waals surface area contributed by atoms with Gasteiger partial charge < -0.3 is 20.5 Å². The Morgan fingerprint density at radius 1 is 1.29 bits per heavy atom. The highest BCUT2D eigenvalue weighted by Gasteiger charge is 2.21. The van der Waals surface area contributed by atoms with Gasteiger partial charge in [-0.15, -0.1) is 11.3 Å². The largest absolute Gasteiger partial charge is 0.486 e. The summed E-state index contributed by atoms with van der Waals surface area (Å²) in [5.41, 5.74) is 6.51. The summed E-state index contributed by atoms with van der Waals surface area (Å²) in [6.07, 6.45) is 0.629. The average Bonchev–Trinajstić information content (AvgIpc) is 2.71. The lowest BCUT2D eigenvalue weighted by Crippen LogP contribution is -2.14. The van der Waals surface area contributed by atoms with Crippen LogP contribution in [0.5, 0.6) is 5.75 Å². The maximum atomic E-state index is 11.9. The van der Waals surface area contributed by atoms with Gasteiger partial charge in [-0.25, -0.2) is 0 Å². The van der Waals surface area contributed by atoms with Gasteiger partial charge in [0.15, 0.2) is 11.5 Å². The molecular formula is C15H26N2O3S. The maximum absolute atomic E-state index is 11.9. The number of nitrogens with two attached hydrogens (primary N) is 1. The van der Waals surface area contributed by atoms with Crippen LogP contribution in [0.15, 0.2) is 0 Å². The molecule has 1 aromatic heterocycles. The topological polar surface area (TPSA) is 73.6 Å². The predicted octanol–water partition coefficient (Wildman–Crippen LogP) is 3.55. The first-order valence-corrected chi connectivity index (χ1v) is 8.16. The third-order valence-electron chi connectivity index (χ3n) is 2.67. The second-order valence-electron chi connectivity index (χ2n) is 5.29. The van der Waals surface area contributed by atoms with Crippen molar-refractivity contribution < 1.29 is 14.3 Å². The van der Waals surface area contributed by atoms with Crippen LogP contribution in [0, 0.1) is 0 Å². The van der Waals surface area contributed by atoms with Gasteiger partial charge in [0.1, 0.15) is 5.00 Å². The zero-order chi connectivity index (χ0) is 16.0. The summed E-state index contributed by atoms with van der Waals surface area (Å²) in [6, 6.07) is 0. The van der Waals surface area contributed by atoms with Gasteiger partial charge in [0.05, 0.1) is 29.4 Å². The number of ketones is 1. The first-order valence-electron chi connectivity index (χ1n) is 7.34.